The summed E-state index contributed by atoms with van der Waals surface area (Å²) in [6.07, 6.45) is -0.259. The van der Waals surface area contributed by atoms with Crippen LogP contribution in [0.5, 0.6) is 17.2 Å². The van der Waals surface area contributed by atoms with E-state index >= 15 is 0 Å². The fraction of sp³-hybridized carbons (Fsp3) is 0.133. The number of hydrogen-bond acceptors (Lipinski definition) is 9. The highest BCUT2D eigenvalue weighted by atomic mass is 19.1. The maximum absolute atomic E-state index is 12.5. The van der Waals surface area contributed by atoms with Crippen LogP contribution in [-0.2, 0) is 23.9 Å². The summed E-state index contributed by atoms with van der Waals surface area (Å²) < 4.78 is 37.6. The molecular formula is C30H25FO9. The number of halogens is 1. The minimum Gasteiger partial charge on any atom is -0.490 e. The van der Waals surface area contributed by atoms with Gasteiger partial charge in [0.2, 0.25) is 5.83 Å². The summed E-state index contributed by atoms with van der Waals surface area (Å²) >= 11 is 0. The van der Waals surface area contributed by atoms with Crippen molar-refractivity contribution in [2.24, 2.45) is 0 Å². The molecule has 0 bridgehead atoms. The molecule has 0 amide bonds. The van der Waals surface area contributed by atoms with Crippen LogP contribution in [0.2, 0.25) is 0 Å². The lowest BCUT2D eigenvalue weighted by molar-refractivity contribution is -0.142. The first-order valence-corrected chi connectivity index (χ1v) is 11.8. The predicted molar refractivity (Wildman–Crippen MR) is 141 cm³/mol. The van der Waals surface area contributed by atoms with E-state index in [4.69, 9.17) is 14.2 Å². The van der Waals surface area contributed by atoms with Gasteiger partial charge in [-0.2, -0.15) is 4.39 Å². The third-order valence-corrected chi connectivity index (χ3v) is 5.23. The number of hydrogen-bond donors (Lipinski definition) is 0. The van der Waals surface area contributed by atoms with E-state index in [1.54, 1.807) is 60.7 Å². The van der Waals surface area contributed by atoms with Gasteiger partial charge in [0.15, 0.2) is 0 Å². The van der Waals surface area contributed by atoms with Gasteiger partial charge < -0.3 is 23.7 Å². The molecule has 0 aliphatic heterocycles. The highest BCUT2D eigenvalue weighted by molar-refractivity contribution is 5.94. The highest BCUT2D eigenvalue weighted by Gasteiger charge is 2.15. The first-order valence-electron chi connectivity index (χ1n) is 11.8. The molecule has 10 heteroatoms. The van der Waals surface area contributed by atoms with Gasteiger partial charge in [-0.3, -0.25) is 4.79 Å². The van der Waals surface area contributed by atoms with Gasteiger partial charge >= 0.3 is 23.9 Å². The minimum absolute atomic E-state index is 0.00413. The summed E-state index contributed by atoms with van der Waals surface area (Å²) in [5, 5.41) is 0. The molecule has 40 heavy (non-hydrogen) atoms. The number of methoxy groups -OCH3 is 1. The zero-order valence-electron chi connectivity index (χ0n) is 21.5. The molecule has 3 rings (SSSR count). The topological polar surface area (TPSA) is 114 Å². The lowest BCUT2D eigenvalue weighted by Gasteiger charge is -2.09. The molecule has 0 N–H and O–H groups in total. The lowest BCUT2D eigenvalue weighted by Crippen LogP contribution is -2.14. The maximum atomic E-state index is 12.5. The third kappa shape index (κ3) is 8.66. The number of carbonyl (C=O) groups excluding carboxylic acids is 4. The Hall–Kier alpha value is -5.25. The van der Waals surface area contributed by atoms with Crippen molar-refractivity contribution in [2.75, 3.05) is 20.3 Å². The first-order chi connectivity index (χ1) is 19.2. The Balaban J connectivity index is 1.50. The fourth-order valence-electron chi connectivity index (χ4n) is 3.15. The van der Waals surface area contributed by atoms with E-state index < -0.39 is 29.7 Å². The van der Waals surface area contributed by atoms with E-state index in [1.807, 2.05) is 0 Å². The zero-order chi connectivity index (χ0) is 29.1. The molecule has 0 spiro atoms. The molecule has 0 atom stereocenters. The summed E-state index contributed by atoms with van der Waals surface area (Å²) in [5.41, 5.74) is 1.92. The summed E-state index contributed by atoms with van der Waals surface area (Å²) in [6, 6.07) is 19.6. The van der Waals surface area contributed by atoms with Crippen LogP contribution in [0, 0.1) is 0 Å². The molecule has 0 unspecified atom stereocenters. The van der Waals surface area contributed by atoms with Crippen molar-refractivity contribution in [1.82, 2.24) is 0 Å². The zero-order valence-corrected chi connectivity index (χ0v) is 21.5. The molecule has 206 valence electrons. The Labute approximate surface area is 229 Å². The number of esters is 4. The van der Waals surface area contributed by atoms with Crippen molar-refractivity contribution in [3.05, 3.63) is 103 Å². The summed E-state index contributed by atoms with van der Waals surface area (Å²) in [6.45, 7) is 6.21. The summed E-state index contributed by atoms with van der Waals surface area (Å²) in [7, 11) is 1.22. The van der Waals surface area contributed by atoms with Gasteiger partial charge in [0.1, 0.15) is 30.5 Å². The van der Waals surface area contributed by atoms with Crippen molar-refractivity contribution in [2.45, 2.75) is 6.42 Å². The van der Waals surface area contributed by atoms with Crippen molar-refractivity contribution >= 4 is 23.9 Å². The second-order valence-corrected chi connectivity index (χ2v) is 8.10. The molecule has 0 saturated heterocycles. The van der Waals surface area contributed by atoms with Crippen molar-refractivity contribution in [1.29, 1.82) is 0 Å². The molecule has 0 saturated carbocycles. The Morgan fingerprint density at radius 3 is 1.75 bits per heavy atom. The van der Waals surface area contributed by atoms with Crippen LogP contribution < -0.4 is 14.2 Å². The SMILES string of the molecule is C=C(F)C(=O)OCCOc1ccc(C(=O)Oc2ccc(-c3ccc(OC(=O)C(=C)CC(=O)OC)cc3)cc2)cc1. The van der Waals surface area contributed by atoms with Gasteiger partial charge in [-0.1, -0.05) is 37.4 Å². The quantitative estimate of drug-likeness (QED) is 0.133. The van der Waals surface area contributed by atoms with Gasteiger partial charge in [-0.15, -0.1) is 0 Å². The van der Waals surface area contributed by atoms with Crippen LogP contribution in [0.15, 0.2) is 97.4 Å². The molecule has 0 aliphatic carbocycles. The normalized spacial score (nSPS) is 10.2. The number of carbonyl (C=O) groups is 4. The largest absolute Gasteiger partial charge is 0.490 e. The summed E-state index contributed by atoms with van der Waals surface area (Å²) in [4.78, 5) is 46.8. The third-order valence-electron chi connectivity index (χ3n) is 5.23. The van der Waals surface area contributed by atoms with Crippen LogP contribution >= 0.6 is 0 Å². The summed E-state index contributed by atoms with van der Waals surface area (Å²) in [5.74, 6) is -3.18. The van der Waals surface area contributed by atoms with Crippen LogP contribution in [0.25, 0.3) is 11.1 Å². The smallest absolute Gasteiger partial charge is 0.366 e. The van der Waals surface area contributed by atoms with E-state index in [0.29, 0.717) is 11.5 Å². The van der Waals surface area contributed by atoms with E-state index in [-0.39, 0.29) is 36.5 Å². The predicted octanol–water partition coefficient (Wildman–Crippen LogP) is 5.00. The highest BCUT2D eigenvalue weighted by Crippen LogP contribution is 2.25. The Morgan fingerprint density at radius 2 is 1.23 bits per heavy atom. The van der Waals surface area contributed by atoms with E-state index in [2.05, 4.69) is 22.6 Å². The molecule has 0 heterocycles. The van der Waals surface area contributed by atoms with Gasteiger partial charge in [-0.25, -0.2) is 14.4 Å². The van der Waals surface area contributed by atoms with Gasteiger partial charge in [0.05, 0.1) is 19.1 Å². The first kappa shape index (κ1) is 29.3. The average molecular weight is 549 g/mol. The number of ether oxygens (including phenoxy) is 5. The maximum Gasteiger partial charge on any atom is 0.366 e. The van der Waals surface area contributed by atoms with Crippen molar-refractivity contribution < 1.29 is 47.3 Å². The van der Waals surface area contributed by atoms with E-state index in [0.717, 1.165) is 11.1 Å². The molecule has 0 fully saturated rings. The minimum atomic E-state index is -1.19. The Bertz CT molecular complexity index is 1390. The second-order valence-electron chi connectivity index (χ2n) is 8.10. The van der Waals surface area contributed by atoms with E-state index in [9.17, 15) is 23.6 Å². The molecule has 9 nitrogen and oxygen atoms in total. The molecule has 3 aromatic rings. The van der Waals surface area contributed by atoms with Crippen molar-refractivity contribution in [3.63, 3.8) is 0 Å². The van der Waals surface area contributed by atoms with Gasteiger partial charge in [0, 0.05) is 5.57 Å². The van der Waals surface area contributed by atoms with Crippen LogP contribution in [-0.4, -0.2) is 44.2 Å². The lowest BCUT2D eigenvalue weighted by atomic mass is 10.1. The molecule has 3 aromatic carbocycles. The standard InChI is InChI=1S/C30H25FO9/c1-19(18-27(32)36-3)28(33)39-25-12-4-21(5-13-25)22-6-14-26(15-7-22)40-30(35)23-8-10-24(11-9-23)37-16-17-38-29(34)20(2)31/h4-15H,1-2,16-18H2,3H3. The van der Waals surface area contributed by atoms with E-state index in [1.165, 1.54) is 19.2 Å². The average Bonchev–Trinajstić information content (AvgIpc) is 2.96. The van der Waals surface area contributed by atoms with Crippen molar-refractivity contribution in [3.8, 4) is 28.4 Å². The molecular weight excluding hydrogens is 523 g/mol. The Morgan fingerprint density at radius 1 is 0.700 bits per heavy atom. The monoisotopic (exact) mass is 548 g/mol. The van der Waals surface area contributed by atoms with Crippen LogP contribution in [0.1, 0.15) is 16.8 Å². The molecule has 0 aromatic heterocycles. The number of rotatable bonds is 12. The number of benzene rings is 3. The second kappa shape index (κ2) is 14.1. The molecule has 0 radical (unpaired) electrons. The fourth-order valence-corrected chi connectivity index (χ4v) is 3.15. The van der Waals surface area contributed by atoms with Crippen LogP contribution in [0.3, 0.4) is 0 Å². The van der Waals surface area contributed by atoms with Gasteiger partial charge in [-0.05, 0) is 59.7 Å². The molecule has 0 aliphatic rings. The Kier molecular flexibility index (Phi) is 10.3. The van der Waals surface area contributed by atoms with Gasteiger partial charge in [0.25, 0.3) is 0 Å². The van der Waals surface area contributed by atoms with Crippen LogP contribution in [0.4, 0.5) is 4.39 Å².